The molecule has 1 aliphatic rings. The molecule has 0 aliphatic carbocycles. The normalized spacial score (nSPS) is 15.4. The molecule has 1 unspecified atom stereocenters. The van der Waals surface area contributed by atoms with Gasteiger partial charge in [0.2, 0.25) is 5.82 Å². The van der Waals surface area contributed by atoms with Crippen molar-refractivity contribution in [2.75, 3.05) is 26.3 Å². The third kappa shape index (κ3) is 3.48. The molecule has 2 aromatic heterocycles. The lowest BCUT2D eigenvalue weighted by Gasteiger charge is -2.26. The van der Waals surface area contributed by atoms with E-state index in [0.717, 1.165) is 5.56 Å². The maximum atomic E-state index is 13.0. The zero-order valence-electron chi connectivity index (χ0n) is 15.7. The molecule has 4 rings (SSSR count). The number of amides is 2. The Balaban J connectivity index is 1.64. The van der Waals surface area contributed by atoms with Gasteiger partial charge in [-0.15, -0.1) is 0 Å². The standard InChI is InChI=1S/C21H22N4O3/c1-15(16-7-3-2-4-8-16)22-20(26)19-23-18(17-9-5-6-10-25(17)19)21(27)24-11-13-28-14-12-24/h2-10,15H,11-14H2,1H3,(H,22,26). The Bertz CT molecular complexity index is 993. The van der Waals surface area contributed by atoms with Crippen molar-refractivity contribution in [1.82, 2.24) is 19.6 Å². The number of fused-ring (bicyclic) bond motifs is 1. The molecule has 1 aromatic carbocycles. The van der Waals surface area contributed by atoms with Gasteiger partial charge in [0.05, 0.1) is 24.8 Å². The Morgan fingerprint density at radius 1 is 1.07 bits per heavy atom. The van der Waals surface area contributed by atoms with Crippen molar-refractivity contribution >= 4 is 17.3 Å². The van der Waals surface area contributed by atoms with E-state index in [-0.39, 0.29) is 23.7 Å². The van der Waals surface area contributed by atoms with Crippen LogP contribution < -0.4 is 5.32 Å². The van der Waals surface area contributed by atoms with Crippen LogP contribution in [-0.4, -0.2) is 52.4 Å². The van der Waals surface area contributed by atoms with E-state index in [1.807, 2.05) is 49.4 Å². The average molecular weight is 378 g/mol. The molecular formula is C21H22N4O3. The van der Waals surface area contributed by atoms with Crippen LogP contribution >= 0.6 is 0 Å². The van der Waals surface area contributed by atoms with E-state index in [2.05, 4.69) is 10.3 Å². The fourth-order valence-electron chi connectivity index (χ4n) is 3.36. The second-order valence-electron chi connectivity index (χ2n) is 6.75. The number of imidazole rings is 1. The van der Waals surface area contributed by atoms with Gasteiger partial charge in [0.1, 0.15) is 0 Å². The Labute approximate surface area is 162 Å². The Morgan fingerprint density at radius 2 is 1.79 bits per heavy atom. The van der Waals surface area contributed by atoms with Crippen molar-refractivity contribution in [3.63, 3.8) is 0 Å². The predicted molar refractivity (Wildman–Crippen MR) is 104 cm³/mol. The first kappa shape index (κ1) is 18.2. The summed E-state index contributed by atoms with van der Waals surface area (Å²) in [5, 5.41) is 2.97. The summed E-state index contributed by atoms with van der Waals surface area (Å²) >= 11 is 0. The smallest absolute Gasteiger partial charge is 0.288 e. The Hall–Kier alpha value is -3.19. The summed E-state index contributed by atoms with van der Waals surface area (Å²) in [4.78, 5) is 32.0. The fourth-order valence-corrected chi connectivity index (χ4v) is 3.36. The van der Waals surface area contributed by atoms with Crippen molar-refractivity contribution in [1.29, 1.82) is 0 Å². The SMILES string of the molecule is CC(NC(=O)c1nc(C(=O)N2CCOCC2)c2ccccn12)c1ccccc1. The highest BCUT2D eigenvalue weighted by Crippen LogP contribution is 2.18. The van der Waals surface area contributed by atoms with Crippen molar-refractivity contribution in [2.24, 2.45) is 0 Å². The summed E-state index contributed by atoms with van der Waals surface area (Å²) in [5.41, 5.74) is 1.91. The summed E-state index contributed by atoms with van der Waals surface area (Å²) in [6.07, 6.45) is 1.75. The van der Waals surface area contributed by atoms with Crippen LogP contribution in [0.5, 0.6) is 0 Å². The number of aromatic nitrogens is 2. The van der Waals surface area contributed by atoms with Crippen molar-refractivity contribution in [2.45, 2.75) is 13.0 Å². The molecule has 7 heteroatoms. The highest BCUT2D eigenvalue weighted by atomic mass is 16.5. The Morgan fingerprint density at radius 3 is 2.54 bits per heavy atom. The third-order valence-electron chi connectivity index (χ3n) is 4.90. The summed E-state index contributed by atoms with van der Waals surface area (Å²) < 4.78 is 6.99. The monoisotopic (exact) mass is 378 g/mol. The lowest BCUT2D eigenvalue weighted by atomic mass is 10.1. The number of ether oxygens (including phenoxy) is 1. The number of carbonyl (C=O) groups excluding carboxylic acids is 2. The van der Waals surface area contributed by atoms with Gasteiger partial charge in [-0.1, -0.05) is 36.4 Å². The fraction of sp³-hybridized carbons (Fsp3) is 0.286. The minimum atomic E-state index is -0.321. The van der Waals surface area contributed by atoms with Gasteiger partial charge in [-0.05, 0) is 24.6 Å². The van der Waals surface area contributed by atoms with Crippen LogP contribution in [-0.2, 0) is 4.74 Å². The molecule has 0 spiro atoms. The van der Waals surface area contributed by atoms with E-state index >= 15 is 0 Å². The minimum Gasteiger partial charge on any atom is -0.378 e. The highest BCUT2D eigenvalue weighted by Gasteiger charge is 2.26. The van der Waals surface area contributed by atoms with Gasteiger partial charge in [-0.25, -0.2) is 4.98 Å². The van der Waals surface area contributed by atoms with E-state index in [4.69, 9.17) is 4.74 Å². The number of nitrogens with one attached hydrogen (secondary N) is 1. The van der Waals surface area contributed by atoms with E-state index in [1.165, 1.54) is 0 Å². The molecule has 1 aliphatic heterocycles. The van der Waals surface area contributed by atoms with E-state index in [1.54, 1.807) is 21.6 Å². The lowest BCUT2D eigenvalue weighted by molar-refractivity contribution is 0.0300. The topological polar surface area (TPSA) is 75.9 Å². The molecule has 144 valence electrons. The summed E-state index contributed by atoms with van der Waals surface area (Å²) in [5.74, 6) is -0.296. The second-order valence-corrected chi connectivity index (χ2v) is 6.75. The zero-order valence-corrected chi connectivity index (χ0v) is 15.7. The quantitative estimate of drug-likeness (QED) is 0.756. The molecule has 2 amide bonds. The number of pyridine rings is 1. The van der Waals surface area contributed by atoms with Crippen molar-refractivity contribution in [3.8, 4) is 0 Å². The minimum absolute atomic E-state index is 0.178. The van der Waals surface area contributed by atoms with Crippen LogP contribution in [0.4, 0.5) is 0 Å². The van der Waals surface area contributed by atoms with Gasteiger partial charge in [0, 0.05) is 19.3 Å². The lowest BCUT2D eigenvalue weighted by Crippen LogP contribution is -2.41. The molecule has 1 atom stereocenters. The molecule has 0 radical (unpaired) electrons. The van der Waals surface area contributed by atoms with Gasteiger partial charge in [-0.2, -0.15) is 0 Å². The first-order valence-corrected chi connectivity index (χ1v) is 9.35. The van der Waals surface area contributed by atoms with Crippen LogP contribution in [0.25, 0.3) is 5.52 Å². The summed E-state index contributed by atoms with van der Waals surface area (Å²) in [6, 6.07) is 15.0. The Kier molecular flexibility index (Phi) is 5.08. The summed E-state index contributed by atoms with van der Waals surface area (Å²) in [6.45, 7) is 4.00. The number of morpholine rings is 1. The molecule has 1 fully saturated rings. The first-order valence-electron chi connectivity index (χ1n) is 9.35. The van der Waals surface area contributed by atoms with E-state index in [0.29, 0.717) is 37.5 Å². The predicted octanol–water partition coefficient (Wildman–Crippen LogP) is 2.30. The molecule has 28 heavy (non-hydrogen) atoms. The van der Waals surface area contributed by atoms with Crippen molar-refractivity contribution < 1.29 is 14.3 Å². The summed E-state index contributed by atoms with van der Waals surface area (Å²) in [7, 11) is 0. The van der Waals surface area contributed by atoms with Crippen LogP contribution in [0.3, 0.4) is 0 Å². The second kappa shape index (κ2) is 7.82. The number of carbonyl (C=O) groups is 2. The molecular weight excluding hydrogens is 356 g/mol. The number of hydrogen-bond acceptors (Lipinski definition) is 4. The molecule has 3 heterocycles. The van der Waals surface area contributed by atoms with Gasteiger partial charge in [0.25, 0.3) is 11.8 Å². The number of nitrogens with zero attached hydrogens (tertiary/aromatic N) is 3. The van der Waals surface area contributed by atoms with Crippen LogP contribution in [0.2, 0.25) is 0 Å². The van der Waals surface area contributed by atoms with Gasteiger partial charge < -0.3 is 15.0 Å². The number of rotatable bonds is 4. The van der Waals surface area contributed by atoms with Gasteiger partial charge >= 0.3 is 0 Å². The maximum Gasteiger partial charge on any atom is 0.288 e. The van der Waals surface area contributed by atoms with Gasteiger partial charge in [0.15, 0.2) is 5.69 Å². The first-order chi connectivity index (χ1) is 13.6. The third-order valence-corrected chi connectivity index (χ3v) is 4.90. The van der Waals surface area contributed by atoms with Crippen LogP contribution in [0.1, 0.15) is 39.6 Å². The number of benzene rings is 1. The molecule has 0 bridgehead atoms. The largest absolute Gasteiger partial charge is 0.378 e. The molecule has 3 aromatic rings. The van der Waals surface area contributed by atoms with Crippen molar-refractivity contribution in [3.05, 3.63) is 71.8 Å². The zero-order chi connectivity index (χ0) is 19.5. The van der Waals surface area contributed by atoms with Crippen LogP contribution in [0, 0.1) is 0 Å². The molecule has 1 saturated heterocycles. The molecule has 0 saturated carbocycles. The van der Waals surface area contributed by atoms with E-state index in [9.17, 15) is 9.59 Å². The van der Waals surface area contributed by atoms with E-state index < -0.39 is 0 Å². The number of hydrogen-bond donors (Lipinski definition) is 1. The molecule has 1 N–H and O–H groups in total. The maximum absolute atomic E-state index is 13.0. The van der Waals surface area contributed by atoms with Crippen LogP contribution in [0.15, 0.2) is 54.7 Å². The highest BCUT2D eigenvalue weighted by molar-refractivity contribution is 6.02. The molecule has 7 nitrogen and oxygen atoms in total. The average Bonchev–Trinajstić information content (AvgIpc) is 3.14. The van der Waals surface area contributed by atoms with Gasteiger partial charge in [-0.3, -0.25) is 14.0 Å².